The monoisotopic (exact) mass is 309 g/mol. The maximum Gasteiger partial charge on any atom is 0.116 e. The third-order valence-corrected chi connectivity index (χ3v) is 5.77. The quantitative estimate of drug-likeness (QED) is 0.849. The van der Waals surface area contributed by atoms with Crippen LogP contribution in [0.1, 0.15) is 54.1 Å². The van der Waals surface area contributed by atoms with Gasteiger partial charge in [-0.15, -0.1) is 11.3 Å². The van der Waals surface area contributed by atoms with Crippen LogP contribution in [0.5, 0.6) is 0 Å². The molecule has 3 rings (SSSR count). The molecule has 5 heteroatoms. The fraction of sp³-hybridized carbons (Fsp3) is 0.733. The second-order valence-corrected chi connectivity index (χ2v) is 7.78. The highest BCUT2D eigenvalue weighted by Gasteiger charge is 2.30. The van der Waals surface area contributed by atoms with Crippen LogP contribution in [-0.2, 0) is 6.42 Å². The van der Waals surface area contributed by atoms with Gasteiger partial charge in [0.25, 0.3) is 0 Å². The minimum Gasteiger partial charge on any atom is -0.389 e. The second kappa shape index (κ2) is 6.08. The summed E-state index contributed by atoms with van der Waals surface area (Å²) in [6.45, 7) is 5.96. The third-order valence-electron chi connectivity index (χ3n) is 4.27. The number of nitrogens with zero attached hydrogens (tertiary/aromatic N) is 2. The lowest BCUT2D eigenvalue weighted by Crippen LogP contribution is -2.35. The molecule has 2 fully saturated rings. The molecule has 0 spiro atoms. The zero-order valence-corrected chi connectivity index (χ0v) is 13.7. The molecule has 1 saturated heterocycles. The average molecular weight is 310 g/mol. The van der Waals surface area contributed by atoms with E-state index in [1.807, 2.05) is 0 Å². The predicted molar refractivity (Wildman–Crippen MR) is 88.5 cm³/mol. The molecular weight excluding hydrogens is 286 g/mol. The summed E-state index contributed by atoms with van der Waals surface area (Å²) in [5, 5.41) is 1.22. The molecule has 1 saturated carbocycles. The lowest BCUT2D eigenvalue weighted by atomic mass is 10.0. The first-order valence-electron chi connectivity index (χ1n) is 7.65. The smallest absolute Gasteiger partial charge is 0.116 e. The molecule has 3 nitrogen and oxygen atoms in total. The molecule has 2 aliphatic rings. The molecule has 1 unspecified atom stereocenters. The Morgan fingerprint density at radius 1 is 1.45 bits per heavy atom. The lowest BCUT2D eigenvalue weighted by molar-refractivity contribution is 0.186. The minimum atomic E-state index is 0.530. The topological polar surface area (TPSA) is 42.2 Å². The third kappa shape index (κ3) is 3.38. The van der Waals surface area contributed by atoms with Crippen molar-refractivity contribution in [2.75, 3.05) is 19.6 Å². The summed E-state index contributed by atoms with van der Waals surface area (Å²) in [6, 6.07) is 0. The zero-order chi connectivity index (χ0) is 14.1. The van der Waals surface area contributed by atoms with E-state index in [2.05, 4.69) is 11.8 Å². The molecule has 1 aromatic heterocycles. The van der Waals surface area contributed by atoms with Crippen LogP contribution < -0.4 is 5.73 Å². The molecule has 0 amide bonds. The molecule has 1 aliphatic carbocycles. The van der Waals surface area contributed by atoms with E-state index >= 15 is 0 Å². The van der Waals surface area contributed by atoms with Crippen molar-refractivity contribution >= 4 is 28.5 Å². The second-order valence-electron chi connectivity index (χ2n) is 6.26. The maximum atomic E-state index is 5.84. The van der Waals surface area contributed by atoms with Crippen LogP contribution in [0.4, 0.5) is 0 Å². The van der Waals surface area contributed by atoms with Gasteiger partial charge in [0.1, 0.15) is 4.99 Å². The first-order chi connectivity index (χ1) is 9.63. The Labute approximate surface area is 130 Å². The standard InChI is InChI=1S/C15H23N3S2/c1-10-3-2-7-18(9-10)8-6-12-17-13(11-4-5-11)14(20-12)15(16)19/h10-11H,2-9H2,1H3,(H2,16,19). The molecule has 1 atom stereocenters. The van der Waals surface area contributed by atoms with Crippen molar-refractivity contribution in [2.45, 2.75) is 44.9 Å². The number of hydrogen-bond donors (Lipinski definition) is 1. The number of rotatable bonds is 5. The van der Waals surface area contributed by atoms with Gasteiger partial charge in [-0.05, 0) is 38.1 Å². The van der Waals surface area contributed by atoms with Crippen molar-refractivity contribution in [3.8, 4) is 0 Å². The molecule has 2 N–H and O–H groups in total. The van der Waals surface area contributed by atoms with Gasteiger partial charge in [0.2, 0.25) is 0 Å². The van der Waals surface area contributed by atoms with Gasteiger partial charge in [-0.1, -0.05) is 19.1 Å². The van der Waals surface area contributed by atoms with E-state index in [1.54, 1.807) is 11.3 Å². The van der Waals surface area contributed by atoms with E-state index in [0.29, 0.717) is 10.9 Å². The van der Waals surface area contributed by atoms with Crippen molar-refractivity contribution in [1.29, 1.82) is 0 Å². The van der Waals surface area contributed by atoms with Crippen LogP contribution in [-0.4, -0.2) is 34.5 Å². The van der Waals surface area contributed by atoms with Crippen LogP contribution in [0.15, 0.2) is 0 Å². The number of thiocarbonyl (C=S) groups is 1. The lowest BCUT2D eigenvalue weighted by Gasteiger charge is -2.30. The number of piperidine rings is 1. The number of nitrogens with two attached hydrogens (primary N) is 1. The number of aromatic nitrogens is 1. The molecule has 0 aromatic carbocycles. The molecule has 2 heterocycles. The van der Waals surface area contributed by atoms with Crippen LogP contribution >= 0.6 is 23.6 Å². The Morgan fingerprint density at radius 2 is 2.25 bits per heavy atom. The number of likely N-dealkylation sites (tertiary alicyclic amines) is 1. The van der Waals surface area contributed by atoms with Crippen LogP contribution in [0.25, 0.3) is 0 Å². The Balaban J connectivity index is 1.62. The van der Waals surface area contributed by atoms with E-state index < -0.39 is 0 Å². The van der Waals surface area contributed by atoms with Gasteiger partial charge in [0.05, 0.1) is 15.6 Å². The molecule has 1 aliphatic heterocycles. The molecule has 20 heavy (non-hydrogen) atoms. The van der Waals surface area contributed by atoms with Gasteiger partial charge in [0, 0.05) is 25.4 Å². The zero-order valence-electron chi connectivity index (χ0n) is 12.1. The highest BCUT2D eigenvalue weighted by molar-refractivity contribution is 7.81. The van der Waals surface area contributed by atoms with Gasteiger partial charge in [-0.2, -0.15) is 0 Å². The number of thiazole rings is 1. The van der Waals surface area contributed by atoms with E-state index in [4.69, 9.17) is 22.9 Å². The van der Waals surface area contributed by atoms with Gasteiger partial charge < -0.3 is 10.6 Å². The Morgan fingerprint density at radius 3 is 2.90 bits per heavy atom. The SMILES string of the molecule is CC1CCCN(CCc2nc(C3CC3)c(C(N)=S)s2)C1. The summed E-state index contributed by atoms with van der Waals surface area (Å²) < 4.78 is 0. The maximum absolute atomic E-state index is 5.84. The van der Waals surface area contributed by atoms with Gasteiger partial charge >= 0.3 is 0 Å². The molecular formula is C15H23N3S2. The van der Waals surface area contributed by atoms with E-state index in [1.165, 1.54) is 49.5 Å². The Bertz CT molecular complexity index is 493. The van der Waals surface area contributed by atoms with Gasteiger partial charge in [-0.3, -0.25) is 0 Å². The molecule has 0 radical (unpaired) electrons. The summed E-state index contributed by atoms with van der Waals surface area (Å²) >= 11 is 6.89. The van der Waals surface area contributed by atoms with Crippen molar-refractivity contribution in [3.05, 3.63) is 15.6 Å². The average Bonchev–Trinajstić information content (AvgIpc) is 3.16. The summed E-state index contributed by atoms with van der Waals surface area (Å²) in [7, 11) is 0. The van der Waals surface area contributed by atoms with Crippen LogP contribution in [0, 0.1) is 5.92 Å². The normalized spacial score (nSPS) is 23.9. The van der Waals surface area contributed by atoms with E-state index in [9.17, 15) is 0 Å². The fourth-order valence-corrected chi connectivity index (χ4v) is 4.26. The Kier molecular flexibility index (Phi) is 4.38. The van der Waals surface area contributed by atoms with E-state index in [0.717, 1.165) is 23.8 Å². The minimum absolute atomic E-state index is 0.530. The number of hydrogen-bond acceptors (Lipinski definition) is 4. The first-order valence-corrected chi connectivity index (χ1v) is 8.87. The summed E-state index contributed by atoms with van der Waals surface area (Å²) in [5.74, 6) is 1.47. The molecule has 110 valence electrons. The highest BCUT2D eigenvalue weighted by atomic mass is 32.1. The van der Waals surface area contributed by atoms with E-state index in [-0.39, 0.29) is 0 Å². The summed E-state index contributed by atoms with van der Waals surface area (Å²) in [6.07, 6.45) is 6.26. The first kappa shape index (κ1) is 14.4. The summed E-state index contributed by atoms with van der Waals surface area (Å²) in [4.78, 5) is 9.00. The fourth-order valence-electron chi connectivity index (χ4n) is 3.04. The predicted octanol–water partition coefficient (Wildman–Crippen LogP) is 2.93. The highest BCUT2D eigenvalue weighted by Crippen LogP contribution is 2.42. The van der Waals surface area contributed by atoms with Crippen molar-refractivity contribution in [1.82, 2.24) is 9.88 Å². The van der Waals surface area contributed by atoms with Crippen molar-refractivity contribution in [3.63, 3.8) is 0 Å². The van der Waals surface area contributed by atoms with Crippen LogP contribution in [0.3, 0.4) is 0 Å². The van der Waals surface area contributed by atoms with Crippen molar-refractivity contribution < 1.29 is 0 Å². The largest absolute Gasteiger partial charge is 0.389 e. The molecule has 1 aromatic rings. The molecule has 0 bridgehead atoms. The van der Waals surface area contributed by atoms with Gasteiger partial charge in [0.15, 0.2) is 0 Å². The van der Waals surface area contributed by atoms with Gasteiger partial charge in [-0.25, -0.2) is 4.98 Å². The van der Waals surface area contributed by atoms with Crippen molar-refractivity contribution in [2.24, 2.45) is 11.7 Å². The Hall–Kier alpha value is -0.520. The van der Waals surface area contributed by atoms with Crippen LogP contribution in [0.2, 0.25) is 0 Å². The summed E-state index contributed by atoms with van der Waals surface area (Å²) in [5.41, 5.74) is 7.03.